The summed E-state index contributed by atoms with van der Waals surface area (Å²) in [5.74, 6) is -2.25. The molecule has 0 radical (unpaired) electrons. The zero-order valence-corrected chi connectivity index (χ0v) is 7.06. The number of rotatable bonds is 3. The smallest absolute Gasteiger partial charge is 0.335 e. The van der Waals surface area contributed by atoms with Crippen LogP contribution in [0.2, 0.25) is 0 Å². The predicted molar refractivity (Wildman–Crippen MR) is 42.9 cm³/mol. The molecule has 1 unspecified atom stereocenters. The summed E-state index contributed by atoms with van der Waals surface area (Å²) in [5.41, 5.74) is 0.157. The highest BCUT2D eigenvalue weighted by Crippen LogP contribution is 2.24. The van der Waals surface area contributed by atoms with Crippen LogP contribution >= 0.6 is 0 Å². The van der Waals surface area contributed by atoms with Gasteiger partial charge in [0.1, 0.15) is 0 Å². The Morgan fingerprint density at radius 2 is 2.38 bits per heavy atom. The van der Waals surface area contributed by atoms with Crippen molar-refractivity contribution in [3.05, 3.63) is 23.8 Å². The van der Waals surface area contributed by atoms with Gasteiger partial charge in [0.05, 0.1) is 5.57 Å². The number of carbonyl (C=O) groups is 1. The van der Waals surface area contributed by atoms with Crippen molar-refractivity contribution in [2.45, 2.75) is 12.2 Å². The van der Waals surface area contributed by atoms with Gasteiger partial charge in [-0.2, -0.15) is 4.89 Å². The summed E-state index contributed by atoms with van der Waals surface area (Å²) in [7, 11) is 1.36. The Hall–Kier alpha value is -1.17. The highest BCUT2D eigenvalue weighted by molar-refractivity contribution is 5.90. The molecule has 0 heterocycles. The number of hydrogen-bond donors (Lipinski definition) is 2. The van der Waals surface area contributed by atoms with Gasteiger partial charge in [-0.15, -0.1) is 0 Å². The van der Waals surface area contributed by atoms with E-state index >= 15 is 0 Å². The second-order valence-corrected chi connectivity index (χ2v) is 2.61. The van der Waals surface area contributed by atoms with Gasteiger partial charge in [0.25, 0.3) is 0 Å². The van der Waals surface area contributed by atoms with E-state index in [1.54, 1.807) is 0 Å². The van der Waals surface area contributed by atoms with Gasteiger partial charge >= 0.3 is 5.97 Å². The van der Waals surface area contributed by atoms with E-state index in [0.717, 1.165) is 0 Å². The van der Waals surface area contributed by atoms with E-state index in [1.807, 2.05) is 0 Å². The van der Waals surface area contributed by atoms with Crippen LogP contribution in [0.3, 0.4) is 0 Å². The summed E-state index contributed by atoms with van der Waals surface area (Å²) < 4.78 is 4.86. The van der Waals surface area contributed by atoms with E-state index in [4.69, 9.17) is 15.1 Å². The molecule has 1 aliphatic carbocycles. The second-order valence-electron chi connectivity index (χ2n) is 2.61. The monoisotopic (exact) mass is 186 g/mol. The van der Waals surface area contributed by atoms with E-state index in [-0.39, 0.29) is 12.0 Å². The second kappa shape index (κ2) is 3.69. The Morgan fingerprint density at radius 3 is 2.69 bits per heavy atom. The zero-order chi connectivity index (χ0) is 9.90. The third kappa shape index (κ3) is 1.95. The van der Waals surface area contributed by atoms with Crippen molar-refractivity contribution < 1.29 is 24.8 Å². The van der Waals surface area contributed by atoms with Gasteiger partial charge in [0.15, 0.2) is 0 Å². The van der Waals surface area contributed by atoms with E-state index in [9.17, 15) is 4.79 Å². The molecule has 2 N–H and O–H groups in total. The fraction of sp³-hybridized carbons (Fsp3) is 0.375. The highest BCUT2D eigenvalue weighted by Gasteiger charge is 2.30. The lowest BCUT2D eigenvalue weighted by atomic mass is 10.0. The van der Waals surface area contributed by atoms with E-state index < -0.39 is 11.8 Å². The molecule has 0 fully saturated rings. The van der Waals surface area contributed by atoms with Gasteiger partial charge in [0, 0.05) is 13.5 Å². The number of carboxylic acids is 1. The van der Waals surface area contributed by atoms with Gasteiger partial charge in [-0.3, -0.25) is 0 Å². The van der Waals surface area contributed by atoms with Crippen LogP contribution in [-0.4, -0.2) is 29.2 Å². The van der Waals surface area contributed by atoms with Crippen molar-refractivity contribution in [3.8, 4) is 0 Å². The van der Waals surface area contributed by atoms with Crippen molar-refractivity contribution in [1.82, 2.24) is 0 Å². The Balaban J connectivity index is 2.77. The fourth-order valence-electron chi connectivity index (χ4n) is 1.02. The minimum atomic E-state index is -1.24. The first-order chi connectivity index (χ1) is 6.13. The number of hydrogen-bond acceptors (Lipinski definition) is 4. The average Bonchev–Trinajstić information content (AvgIpc) is 2.18. The molecule has 13 heavy (non-hydrogen) atoms. The zero-order valence-electron chi connectivity index (χ0n) is 7.06. The van der Waals surface area contributed by atoms with Gasteiger partial charge in [-0.1, -0.05) is 6.08 Å². The van der Waals surface area contributed by atoms with Crippen molar-refractivity contribution in [1.29, 1.82) is 0 Å². The third-order valence-corrected chi connectivity index (χ3v) is 1.87. The molecule has 0 spiro atoms. The third-order valence-electron chi connectivity index (χ3n) is 1.87. The molecule has 0 saturated carbocycles. The minimum Gasteiger partial charge on any atom is -0.478 e. The van der Waals surface area contributed by atoms with Crippen molar-refractivity contribution in [2.24, 2.45) is 0 Å². The SMILES string of the molecule is COC1(OO)C=CC(C(=O)O)=CC1. The first kappa shape index (κ1) is 9.91. The maximum absolute atomic E-state index is 10.5. The van der Waals surface area contributed by atoms with Crippen LogP contribution in [0.5, 0.6) is 0 Å². The predicted octanol–water partition coefficient (Wildman–Crippen LogP) is 0.790. The van der Waals surface area contributed by atoms with Crippen LogP contribution in [0.4, 0.5) is 0 Å². The van der Waals surface area contributed by atoms with Crippen LogP contribution < -0.4 is 0 Å². The molecule has 1 aliphatic rings. The molecule has 1 atom stereocenters. The average molecular weight is 186 g/mol. The number of carboxylic acid groups (broad SMARTS) is 1. The minimum absolute atomic E-state index is 0.157. The molecule has 0 saturated heterocycles. The van der Waals surface area contributed by atoms with Crippen LogP contribution in [0.15, 0.2) is 23.8 Å². The lowest BCUT2D eigenvalue weighted by molar-refractivity contribution is -0.377. The Bertz CT molecular complexity index is 262. The number of aliphatic carboxylic acids is 1. The van der Waals surface area contributed by atoms with Crippen LogP contribution in [0, 0.1) is 0 Å². The van der Waals surface area contributed by atoms with Gasteiger partial charge in [0.2, 0.25) is 5.79 Å². The molecule has 72 valence electrons. The first-order valence-electron chi connectivity index (χ1n) is 3.64. The van der Waals surface area contributed by atoms with Gasteiger partial charge < -0.3 is 9.84 Å². The molecule has 5 heteroatoms. The van der Waals surface area contributed by atoms with Crippen molar-refractivity contribution in [2.75, 3.05) is 7.11 Å². The summed E-state index contributed by atoms with van der Waals surface area (Å²) in [4.78, 5) is 14.6. The molecule has 5 nitrogen and oxygen atoms in total. The lowest BCUT2D eigenvalue weighted by Gasteiger charge is -2.26. The molecule has 0 bridgehead atoms. The number of methoxy groups -OCH3 is 1. The number of ether oxygens (including phenoxy) is 1. The first-order valence-corrected chi connectivity index (χ1v) is 3.64. The quantitative estimate of drug-likeness (QED) is 0.387. The Kier molecular flexibility index (Phi) is 2.82. The molecule has 0 aromatic carbocycles. The van der Waals surface area contributed by atoms with E-state index in [2.05, 4.69) is 4.89 Å². The molecule has 1 rings (SSSR count). The summed E-state index contributed by atoms with van der Waals surface area (Å²) in [6.07, 6.45) is 4.27. The molecule has 0 aliphatic heterocycles. The van der Waals surface area contributed by atoms with Crippen molar-refractivity contribution in [3.63, 3.8) is 0 Å². The topological polar surface area (TPSA) is 76.0 Å². The van der Waals surface area contributed by atoms with E-state index in [1.165, 1.54) is 25.3 Å². The standard InChI is InChI=1S/C8H10O5/c1-12-8(13-11)4-2-6(3-5-8)7(9)10/h2-4,11H,5H2,1H3,(H,9,10). The van der Waals surface area contributed by atoms with Gasteiger partial charge in [-0.25, -0.2) is 10.1 Å². The Labute approximate surface area is 74.8 Å². The van der Waals surface area contributed by atoms with Crippen LogP contribution in [-0.2, 0) is 14.4 Å². The summed E-state index contributed by atoms with van der Waals surface area (Å²) in [6, 6.07) is 0. The summed E-state index contributed by atoms with van der Waals surface area (Å²) >= 11 is 0. The molecular formula is C8H10O5. The van der Waals surface area contributed by atoms with Crippen LogP contribution in [0.25, 0.3) is 0 Å². The van der Waals surface area contributed by atoms with Crippen LogP contribution in [0.1, 0.15) is 6.42 Å². The molecular weight excluding hydrogens is 176 g/mol. The van der Waals surface area contributed by atoms with Crippen molar-refractivity contribution >= 4 is 5.97 Å². The van der Waals surface area contributed by atoms with E-state index in [0.29, 0.717) is 0 Å². The Morgan fingerprint density at radius 1 is 1.69 bits per heavy atom. The maximum atomic E-state index is 10.5. The largest absolute Gasteiger partial charge is 0.478 e. The molecule has 0 aromatic heterocycles. The molecule has 0 amide bonds. The lowest BCUT2D eigenvalue weighted by Crippen LogP contribution is -2.32. The van der Waals surface area contributed by atoms with Gasteiger partial charge in [-0.05, 0) is 12.2 Å². The summed E-state index contributed by atoms with van der Waals surface area (Å²) in [6.45, 7) is 0. The normalized spacial score (nSPS) is 27.1. The fourth-order valence-corrected chi connectivity index (χ4v) is 1.02. The maximum Gasteiger partial charge on any atom is 0.335 e. The molecule has 0 aromatic rings. The highest BCUT2D eigenvalue weighted by atomic mass is 17.1. The summed E-state index contributed by atoms with van der Waals surface area (Å²) in [5, 5.41) is 17.1.